The van der Waals surface area contributed by atoms with Crippen LogP contribution in [0, 0.1) is 5.82 Å². The van der Waals surface area contributed by atoms with Gasteiger partial charge in [-0.15, -0.1) is 0 Å². The molecule has 28 heavy (non-hydrogen) atoms. The molecule has 1 atom stereocenters. The molecular formula is C22H18F2N2O2. The average Bonchev–Trinajstić information content (AvgIpc) is 3.16. The van der Waals surface area contributed by atoms with Crippen LogP contribution >= 0.6 is 0 Å². The molecule has 142 valence electrons. The first-order chi connectivity index (χ1) is 13.6. The van der Waals surface area contributed by atoms with Gasteiger partial charge in [-0.3, -0.25) is 0 Å². The summed E-state index contributed by atoms with van der Waals surface area (Å²) in [5.41, 5.74) is 0.254. The first-order valence-corrected chi connectivity index (χ1v) is 8.79. The molecule has 0 amide bonds. The molecule has 0 radical (unpaired) electrons. The standard InChI is InChI=1S/C22H18F2N2O2/c23-14-22(27,15-28-20-8-4-5-18(24)12-20)17-9-10-21-16(11-17)13-25-26(21)19-6-2-1-3-7-19/h1-13,27H,14-15H2. The number of aromatic nitrogens is 2. The van der Waals surface area contributed by atoms with E-state index >= 15 is 0 Å². The molecule has 4 nitrogen and oxygen atoms in total. The van der Waals surface area contributed by atoms with Crippen molar-refractivity contribution in [3.63, 3.8) is 0 Å². The van der Waals surface area contributed by atoms with E-state index in [0.717, 1.165) is 16.6 Å². The Morgan fingerprint density at radius 3 is 2.57 bits per heavy atom. The predicted molar refractivity (Wildman–Crippen MR) is 103 cm³/mol. The third-order valence-corrected chi connectivity index (χ3v) is 4.60. The van der Waals surface area contributed by atoms with E-state index in [1.54, 1.807) is 35.1 Å². The molecule has 0 aliphatic rings. The second kappa shape index (κ2) is 7.40. The number of para-hydroxylation sites is 1. The second-order valence-electron chi connectivity index (χ2n) is 6.58. The first kappa shape index (κ1) is 18.1. The lowest BCUT2D eigenvalue weighted by molar-refractivity contribution is -0.0290. The van der Waals surface area contributed by atoms with Crippen LogP contribution in [0.1, 0.15) is 5.56 Å². The third-order valence-electron chi connectivity index (χ3n) is 4.60. The number of hydrogen-bond donors (Lipinski definition) is 1. The van der Waals surface area contributed by atoms with E-state index in [0.29, 0.717) is 5.56 Å². The molecule has 1 N–H and O–H groups in total. The summed E-state index contributed by atoms with van der Waals surface area (Å²) in [6.45, 7) is -1.38. The molecule has 1 aromatic heterocycles. The molecule has 0 bridgehead atoms. The Bertz CT molecular complexity index is 1100. The van der Waals surface area contributed by atoms with Gasteiger partial charge < -0.3 is 9.84 Å². The summed E-state index contributed by atoms with van der Waals surface area (Å²) in [6, 6.07) is 20.3. The summed E-state index contributed by atoms with van der Waals surface area (Å²) in [7, 11) is 0. The smallest absolute Gasteiger partial charge is 0.152 e. The van der Waals surface area contributed by atoms with Gasteiger partial charge in [0, 0.05) is 11.5 Å². The molecule has 3 aromatic carbocycles. The maximum Gasteiger partial charge on any atom is 0.152 e. The average molecular weight is 380 g/mol. The number of aliphatic hydroxyl groups is 1. The van der Waals surface area contributed by atoms with Crippen LogP contribution in [0.2, 0.25) is 0 Å². The van der Waals surface area contributed by atoms with Crippen LogP contribution in [-0.2, 0) is 5.60 Å². The highest BCUT2D eigenvalue weighted by atomic mass is 19.1. The van der Waals surface area contributed by atoms with Gasteiger partial charge in [0.05, 0.1) is 17.4 Å². The molecule has 6 heteroatoms. The third kappa shape index (κ3) is 3.46. The lowest BCUT2D eigenvalue weighted by Crippen LogP contribution is -2.35. The normalized spacial score (nSPS) is 13.4. The zero-order chi connectivity index (χ0) is 19.6. The number of ether oxygens (including phenoxy) is 1. The van der Waals surface area contributed by atoms with E-state index < -0.39 is 18.1 Å². The summed E-state index contributed by atoms with van der Waals surface area (Å²) < 4.78 is 34.2. The molecule has 4 rings (SSSR count). The topological polar surface area (TPSA) is 47.3 Å². The van der Waals surface area contributed by atoms with Crippen LogP contribution < -0.4 is 4.74 Å². The number of benzene rings is 3. The van der Waals surface area contributed by atoms with Crippen molar-refractivity contribution in [2.75, 3.05) is 13.3 Å². The minimum absolute atomic E-state index is 0.227. The van der Waals surface area contributed by atoms with Gasteiger partial charge >= 0.3 is 0 Å². The first-order valence-electron chi connectivity index (χ1n) is 8.79. The molecule has 4 aromatic rings. The number of rotatable bonds is 6. The highest BCUT2D eigenvalue weighted by molar-refractivity contribution is 5.81. The molecule has 0 aliphatic heterocycles. The van der Waals surface area contributed by atoms with Crippen LogP contribution in [-0.4, -0.2) is 28.2 Å². The summed E-state index contributed by atoms with van der Waals surface area (Å²) in [5, 5.41) is 15.9. The van der Waals surface area contributed by atoms with Crippen molar-refractivity contribution in [3.8, 4) is 11.4 Å². The van der Waals surface area contributed by atoms with Gasteiger partial charge in [0.1, 0.15) is 24.8 Å². The Labute approximate surface area is 160 Å². The van der Waals surface area contributed by atoms with E-state index in [1.807, 2.05) is 30.3 Å². The fourth-order valence-electron chi connectivity index (χ4n) is 3.06. The fraction of sp³-hybridized carbons (Fsp3) is 0.136. The summed E-state index contributed by atoms with van der Waals surface area (Å²) in [6.07, 6.45) is 1.66. The van der Waals surface area contributed by atoms with E-state index in [-0.39, 0.29) is 12.4 Å². The van der Waals surface area contributed by atoms with Crippen molar-refractivity contribution in [1.29, 1.82) is 0 Å². The summed E-state index contributed by atoms with van der Waals surface area (Å²) in [4.78, 5) is 0. The lowest BCUT2D eigenvalue weighted by Gasteiger charge is -2.25. The van der Waals surface area contributed by atoms with Crippen LogP contribution in [0.3, 0.4) is 0 Å². The van der Waals surface area contributed by atoms with E-state index in [1.165, 1.54) is 18.2 Å². The van der Waals surface area contributed by atoms with Gasteiger partial charge in [-0.1, -0.05) is 30.3 Å². The maximum absolute atomic E-state index is 13.8. The molecule has 0 spiro atoms. The van der Waals surface area contributed by atoms with Gasteiger partial charge in [-0.05, 0) is 42.0 Å². The van der Waals surface area contributed by atoms with E-state index in [2.05, 4.69) is 5.10 Å². The predicted octanol–water partition coefficient (Wildman–Crippen LogP) is 4.40. The highest BCUT2D eigenvalue weighted by Crippen LogP contribution is 2.28. The Balaban J connectivity index is 1.63. The molecule has 0 aliphatic carbocycles. The second-order valence-corrected chi connectivity index (χ2v) is 6.58. The molecular weight excluding hydrogens is 362 g/mol. The van der Waals surface area contributed by atoms with Crippen molar-refractivity contribution < 1.29 is 18.6 Å². The number of fused-ring (bicyclic) bond motifs is 1. The van der Waals surface area contributed by atoms with Gasteiger partial charge in [-0.25, -0.2) is 13.5 Å². The van der Waals surface area contributed by atoms with E-state index in [4.69, 9.17) is 4.74 Å². The minimum Gasteiger partial charge on any atom is -0.490 e. The van der Waals surface area contributed by atoms with Crippen molar-refractivity contribution in [3.05, 3.63) is 90.4 Å². The lowest BCUT2D eigenvalue weighted by atomic mass is 9.95. The monoisotopic (exact) mass is 380 g/mol. The van der Waals surface area contributed by atoms with Crippen LogP contribution in [0.25, 0.3) is 16.6 Å². The summed E-state index contributed by atoms with van der Waals surface area (Å²) >= 11 is 0. The SMILES string of the molecule is OC(CF)(COc1cccc(F)c1)c1ccc2c(cnn2-c2ccccc2)c1. The number of nitrogens with zero attached hydrogens (tertiary/aromatic N) is 2. The fourth-order valence-corrected chi connectivity index (χ4v) is 3.06. The Morgan fingerprint density at radius 1 is 1.00 bits per heavy atom. The van der Waals surface area contributed by atoms with Gasteiger partial charge in [-0.2, -0.15) is 5.10 Å². The zero-order valence-corrected chi connectivity index (χ0v) is 14.9. The Morgan fingerprint density at radius 2 is 1.82 bits per heavy atom. The van der Waals surface area contributed by atoms with Crippen LogP contribution in [0.15, 0.2) is 79.0 Å². The quantitative estimate of drug-likeness (QED) is 0.539. The largest absolute Gasteiger partial charge is 0.490 e. The van der Waals surface area contributed by atoms with Gasteiger partial charge in [0.25, 0.3) is 0 Å². The Kier molecular flexibility index (Phi) is 4.79. The zero-order valence-electron chi connectivity index (χ0n) is 14.9. The van der Waals surface area contributed by atoms with Crippen LogP contribution in [0.5, 0.6) is 5.75 Å². The summed E-state index contributed by atoms with van der Waals surface area (Å²) in [5.74, 6) is -0.235. The van der Waals surface area contributed by atoms with Crippen molar-refractivity contribution in [2.45, 2.75) is 5.60 Å². The van der Waals surface area contributed by atoms with Crippen molar-refractivity contribution in [1.82, 2.24) is 9.78 Å². The van der Waals surface area contributed by atoms with Gasteiger partial charge in [0.2, 0.25) is 0 Å². The van der Waals surface area contributed by atoms with Crippen molar-refractivity contribution >= 4 is 10.9 Å². The van der Waals surface area contributed by atoms with Gasteiger partial charge in [0.15, 0.2) is 5.60 Å². The molecule has 0 saturated heterocycles. The van der Waals surface area contributed by atoms with Crippen molar-refractivity contribution in [2.24, 2.45) is 0 Å². The Hall–Kier alpha value is -3.25. The number of halogens is 2. The number of alkyl halides is 1. The molecule has 1 unspecified atom stereocenters. The van der Waals surface area contributed by atoms with E-state index in [9.17, 15) is 13.9 Å². The number of hydrogen-bond acceptors (Lipinski definition) is 3. The van der Waals surface area contributed by atoms with Crippen LogP contribution in [0.4, 0.5) is 8.78 Å². The molecule has 0 saturated carbocycles. The highest BCUT2D eigenvalue weighted by Gasteiger charge is 2.31. The molecule has 0 fully saturated rings. The maximum atomic E-state index is 13.8. The molecule has 1 heterocycles. The minimum atomic E-state index is -1.85.